The molecule has 0 aromatic carbocycles. The number of sulfone groups is 1. The van der Waals surface area contributed by atoms with Crippen LogP contribution in [0.4, 0.5) is 0 Å². The summed E-state index contributed by atoms with van der Waals surface area (Å²) < 4.78 is 28.8. The van der Waals surface area contributed by atoms with Crippen LogP contribution in [-0.4, -0.2) is 44.6 Å². The molecule has 5 nitrogen and oxygen atoms in total. The van der Waals surface area contributed by atoms with Crippen molar-refractivity contribution >= 4 is 15.8 Å². The van der Waals surface area contributed by atoms with Gasteiger partial charge in [-0.25, -0.2) is 8.42 Å². The van der Waals surface area contributed by atoms with Gasteiger partial charge in [-0.05, 0) is 46.6 Å². The van der Waals surface area contributed by atoms with Crippen LogP contribution in [0.5, 0.6) is 0 Å². The minimum atomic E-state index is -3.41. The van der Waals surface area contributed by atoms with Crippen LogP contribution in [0.2, 0.25) is 0 Å². The number of hydrogen-bond acceptors (Lipinski definition) is 5. The zero-order chi connectivity index (χ0) is 14.0. The smallest absolute Gasteiger partial charge is 0.321 e. The zero-order valence-electron chi connectivity index (χ0n) is 11.5. The van der Waals surface area contributed by atoms with E-state index in [2.05, 4.69) is 5.32 Å². The number of carbonyl (C=O) groups is 1. The Hall–Kier alpha value is -0.620. The lowest BCUT2D eigenvalue weighted by atomic mass is 10.2. The fourth-order valence-electron chi connectivity index (χ4n) is 1.84. The van der Waals surface area contributed by atoms with E-state index in [4.69, 9.17) is 4.74 Å². The maximum absolute atomic E-state index is 11.9. The molecule has 106 valence electrons. The molecule has 0 saturated heterocycles. The van der Waals surface area contributed by atoms with Crippen LogP contribution < -0.4 is 5.32 Å². The molecule has 1 fully saturated rings. The van der Waals surface area contributed by atoms with Gasteiger partial charge in [0.1, 0.15) is 11.4 Å². The summed E-state index contributed by atoms with van der Waals surface area (Å²) >= 11 is 0. The van der Waals surface area contributed by atoms with Crippen LogP contribution in [0.1, 0.15) is 33.6 Å². The van der Waals surface area contributed by atoms with Gasteiger partial charge in [0.2, 0.25) is 0 Å². The van der Waals surface area contributed by atoms with Crippen molar-refractivity contribution in [3.05, 3.63) is 0 Å². The molecule has 0 aromatic rings. The molecule has 1 N–H and O–H groups in total. The molecule has 1 saturated carbocycles. The largest absolute Gasteiger partial charge is 0.459 e. The van der Waals surface area contributed by atoms with Crippen LogP contribution in [0.15, 0.2) is 0 Å². The third kappa shape index (κ3) is 5.82. The highest BCUT2D eigenvalue weighted by molar-refractivity contribution is 7.92. The van der Waals surface area contributed by atoms with E-state index in [1.165, 1.54) is 0 Å². The number of nitrogens with one attached hydrogen (secondary N) is 1. The highest BCUT2D eigenvalue weighted by Gasteiger charge is 2.34. The van der Waals surface area contributed by atoms with Gasteiger partial charge in [0.05, 0.1) is 5.75 Å². The van der Waals surface area contributed by atoms with Gasteiger partial charge in [0.25, 0.3) is 0 Å². The van der Waals surface area contributed by atoms with Crippen LogP contribution in [-0.2, 0) is 19.4 Å². The summed E-state index contributed by atoms with van der Waals surface area (Å²) in [6, 6.07) is -0.0440. The van der Waals surface area contributed by atoms with E-state index in [0.29, 0.717) is 5.92 Å². The average Bonchev–Trinajstić information content (AvgIpc) is 2.92. The monoisotopic (exact) mass is 277 g/mol. The van der Waals surface area contributed by atoms with E-state index in [1.54, 1.807) is 27.8 Å². The van der Waals surface area contributed by atoms with E-state index < -0.39 is 27.2 Å². The number of rotatable bonds is 6. The molecule has 1 aliphatic carbocycles. The minimum absolute atomic E-state index is 0.00735. The number of esters is 1. The molecule has 1 rings (SSSR count). The molecule has 0 bridgehead atoms. The molecule has 1 atom stereocenters. The summed E-state index contributed by atoms with van der Waals surface area (Å²) in [5, 5.41) is 3.01. The highest BCUT2D eigenvalue weighted by Crippen LogP contribution is 2.33. The second kappa shape index (κ2) is 5.57. The molecular formula is C12H23NO4S. The molecule has 1 unspecified atom stereocenters. The Morgan fingerprint density at radius 1 is 1.39 bits per heavy atom. The van der Waals surface area contributed by atoms with Crippen molar-refractivity contribution < 1.29 is 17.9 Å². The van der Waals surface area contributed by atoms with Gasteiger partial charge in [-0.3, -0.25) is 4.79 Å². The SMILES string of the molecule is CNC(CS(=O)(=O)CC(=O)OC(C)(C)C)C1CC1. The fourth-order valence-corrected chi connectivity index (χ4v) is 3.36. The number of carbonyl (C=O) groups excluding carboxylic acids is 1. The Morgan fingerprint density at radius 2 is 1.94 bits per heavy atom. The van der Waals surface area contributed by atoms with Gasteiger partial charge in [-0.2, -0.15) is 0 Å². The Bertz CT molecular complexity index is 393. The van der Waals surface area contributed by atoms with Crippen LogP contribution in [0, 0.1) is 5.92 Å². The molecule has 0 amide bonds. The van der Waals surface area contributed by atoms with Crippen molar-refractivity contribution in [3.63, 3.8) is 0 Å². The first-order chi connectivity index (χ1) is 8.13. The summed E-state index contributed by atoms with van der Waals surface area (Å²) in [5.41, 5.74) is -0.647. The van der Waals surface area contributed by atoms with Crippen molar-refractivity contribution in [1.82, 2.24) is 5.32 Å². The van der Waals surface area contributed by atoms with Gasteiger partial charge < -0.3 is 10.1 Å². The van der Waals surface area contributed by atoms with E-state index in [-0.39, 0.29) is 11.8 Å². The topological polar surface area (TPSA) is 72.5 Å². The van der Waals surface area contributed by atoms with Crippen molar-refractivity contribution in [2.24, 2.45) is 5.92 Å². The van der Waals surface area contributed by atoms with E-state index in [0.717, 1.165) is 12.8 Å². The zero-order valence-corrected chi connectivity index (χ0v) is 12.3. The molecule has 0 spiro atoms. The number of hydrogen-bond donors (Lipinski definition) is 1. The molecule has 1 aliphatic rings. The third-order valence-corrected chi connectivity index (χ3v) is 4.30. The molecule has 18 heavy (non-hydrogen) atoms. The highest BCUT2D eigenvalue weighted by atomic mass is 32.2. The average molecular weight is 277 g/mol. The standard InChI is InChI=1S/C12H23NO4S/c1-12(2,3)17-11(14)8-18(15,16)7-10(13-4)9-5-6-9/h9-10,13H,5-8H2,1-4H3. The first-order valence-corrected chi connectivity index (χ1v) is 8.04. The maximum Gasteiger partial charge on any atom is 0.321 e. The summed E-state index contributed by atoms with van der Waals surface area (Å²) in [4.78, 5) is 11.5. The molecule has 0 heterocycles. The van der Waals surface area contributed by atoms with Crippen molar-refractivity contribution in [3.8, 4) is 0 Å². The van der Waals surface area contributed by atoms with Crippen LogP contribution in [0.3, 0.4) is 0 Å². The van der Waals surface area contributed by atoms with Gasteiger partial charge in [-0.15, -0.1) is 0 Å². The van der Waals surface area contributed by atoms with Crippen molar-refractivity contribution in [1.29, 1.82) is 0 Å². The predicted molar refractivity (Wildman–Crippen MR) is 70.1 cm³/mol. The lowest BCUT2D eigenvalue weighted by Crippen LogP contribution is -2.38. The van der Waals surface area contributed by atoms with Crippen LogP contribution in [0.25, 0.3) is 0 Å². The molecular weight excluding hydrogens is 254 g/mol. The second-order valence-corrected chi connectivity index (χ2v) is 7.98. The van der Waals surface area contributed by atoms with Crippen molar-refractivity contribution in [2.45, 2.75) is 45.3 Å². The van der Waals surface area contributed by atoms with Gasteiger partial charge >= 0.3 is 5.97 Å². The third-order valence-electron chi connectivity index (χ3n) is 2.75. The molecule has 6 heteroatoms. The second-order valence-electron chi connectivity index (χ2n) is 5.87. The quantitative estimate of drug-likeness (QED) is 0.725. The molecule has 0 radical (unpaired) electrons. The minimum Gasteiger partial charge on any atom is -0.459 e. The van der Waals surface area contributed by atoms with Crippen LogP contribution >= 0.6 is 0 Å². The lowest BCUT2D eigenvalue weighted by Gasteiger charge is -2.20. The summed E-state index contributed by atoms with van der Waals surface area (Å²) in [6.45, 7) is 5.16. The summed E-state index contributed by atoms with van der Waals surface area (Å²) in [6.07, 6.45) is 2.13. The predicted octanol–water partition coefficient (Wildman–Crippen LogP) is 0.741. The van der Waals surface area contributed by atoms with Gasteiger partial charge in [-0.1, -0.05) is 0 Å². The first kappa shape index (κ1) is 15.4. The Morgan fingerprint density at radius 3 is 2.33 bits per heavy atom. The Balaban J connectivity index is 2.50. The summed E-state index contributed by atoms with van der Waals surface area (Å²) in [5.74, 6) is -0.765. The fraction of sp³-hybridized carbons (Fsp3) is 0.917. The maximum atomic E-state index is 11.9. The molecule has 0 aliphatic heterocycles. The van der Waals surface area contributed by atoms with E-state index in [9.17, 15) is 13.2 Å². The Labute approximate surface area is 109 Å². The number of ether oxygens (including phenoxy) is 1. The Kier molecular flexibility index (Phi) is 4.78. The van der Waals surface area contributed by atoms with Gasteiger partial charge in [0.15, 0.2) is 9.84 Å². The van der Waals surface area contributed by atoms with E-state index >= 15 is 0 Å². The van der Waals surface area contributed by atoms with Gasteiger partial charge in [0, 0.05) is 6.04 Å². The first-order valence-electron chi connectivity index (χ1n) is 6.22. The van der Waals surface area contributed by atoms with E-state index in [1.807, 2.05) is 0 Å². The summed E-state index contributed by atoms with van der Waals surface area (Å²) in [7, 11) is -1.65. The normalized spacial score (nSPS) is 18.4. The lowest BCUT2D eigenvalue weighted by molar-refractivity contribution is -0.151. The molecule has 0 aromatic heterocycles. The van der Waals surface area contributed by atoms with Crippen molar-refractivity contribution in [2.75, 3.05) is 18.6 Å².